The molecule has 2 fully saturated rings. The van der Waals surface area contributed by atoms with Crippen LogP contribution in [0.15, 0.2) is 60.8 Å². The van der Waals surface area contributed by atoms with E-state index in [0.717, 1.165) is 77.0 Å². The van der Waals surface area contributed by atoms with Crippen molar-refractivity contribution in [3.05, 3.63) is 60.8 Å². The Morgan fingerprint density at radius 2 is 1.10 bits per heavy atom. The van der Waals surface area contributed by atoms with Crippen molar-refractivity contribution < 1.29 is 64.6 Å². The Balaban J connectivity index is 1.80. The smallest absolute Gasteiger partial charge is 0.220 e. The molecule has 14 heteroatoms. The molecular weight excluding hydrogens is 811 g/mol. The van der Waals surface area contributed by atoms with Gasteiger partial charge in [-0.2, -0.15) is 0 Å². The van der Waals surface area contributed by atoms with Crippen molar-refractivity contribution in [2.45, 2.75) is 222 Å². The third-order valence-electron chi connectivity index (χ3n) is 11.5. The molecule has 2 rings (SSSR count). The van der Waals surface area contributed by atoms with Gasteiger partial charge in [0.15, 0.2) is 12.6 Å². The number of allylic oxidation sites excluding steroid dienone is 9. The minimum atomic E-state index is -1.79. The molecule has 0 radical (unpaired) electrons. The van der Waals surface area contributed by atoms with Gasteiger partial charge in [0.2, 0.25) is 5.91 Å². The third-order valence-corrected chi connectivity index (χ3v) is 11.5. The predicted octanol–water partition coefficient (Wildman–Crippen LogP) is 5.49. The van der Waals surface area contributed by atoms with Gasteiger partial charge in [-0.3, -0.25) is 4.79 Å². The Kier molecular flexibility index (Phi) is 32.4. The number of ether oxygens (including phenoxy) is 4. The van der Waals surface area contributed by atoms with E-state index in [4.69, 9.17) is 18.9 Å². The van der Waals surface area contributed by atoms with Crippen molar-refractivity contribution >= 4 is 5.91 Å². The molecule has 63 heavy (non-hydrogen) atoms. The Morgan fingerprint density at radius 3 is 1.68 bits per heavy atom. The highest BCUT2D eigenvalue weighted by Gasteiger charge is 2.51. The van der Waals surface area contributed by atoms with Crippen LogP contribution in [0.4, 0.5) is 0 Å². The number of amides is 1. The van der Waals surface area contributed by atoms with Gasteiger partial charge in [0, 0.05) is 6.42 Å². The molecule has 14 nitrogen and oxygen atoms in total. The highest BCUT2D eigenvalue weighted by molar-refractivity contribution is 5.76. The van der Waals surface area contributed by atoms with Gasteiger partial charge in [-0.1, -0.05) is 145 Å². The maximum atomic E-state index is 13.1. The Labute approximate surface area is 377 Å². The average Bonchev–Trinajstić information content (AvgIpc) is 3.28. The summed E-state index contributed by atoms with van der Waals surface area (Å²) in [7, 11) is 0. The number of rotatable bonds is 35. The Hall–Kier alpha value is -2.31. The topological polar surface area (TPSA) is 228 Å². The molecule has 0 bridgehead atoms. The summed E-state index contributed by atoms with van der Waals surface area (Å²) in [6.45, 7) is 2.59. The predicted molar refractivity (Wildman–Crippen MR) is 244 cm³/mol. The lowest BCUT2D eigenvalue weighted by Gasteiger charge is -2.46. The molecule has 0 aromatic rings. The van der Waals surface area contributed by atoms with Crippen LogP contribution in [0.1, 0.15) is 149 Å². The zero-order valence-corrected chi connectivity index (χ0v) is 38.3. The first-order valence-corrected chi connectivity index (χ1v) is 24.0. The molecule has 2 aliphatic heterocycles. The maximum Gasteiger partial charge on any atom is 0.220 e. The van der Waals surface area contributed by atoms with Crippen molar-refractivity contribution in [2.24, 2.45) is 0 Å². The number of nitrogens with one attached hydrogen (secondary N) is 1. The molecular formula is C49H85NO13. The monoisotopic (exact) mass is 896 g/mol. The lowest BCUT2D eigenvalue weighted by molar-refractivity contribution is -0.359. The maximum absolute atomic E-state index is 13.1. The molecule has 1 amide bonds. The zero-order chi connectivity index (χ0) is 46.1. The van der Waals surface area contributed by atoms with Crippen LogP contribution in [-0.2, 0) is 23.7 Å². The second-order valence-corrected chi connectivity index (χ2v) is 16.9. The molecule has 0 aromatic heterocycles. The van der Waals surface area contributed by atoms with E-state index in [0.29, 0.717) is 6.42 Å². The summed E-state index contributed by atoms with van der Waals surface area (Å²) >= 11 is 0. The lowest BCUT2D eigenvalue weighted by atomic mass is 9.97. The highest BCUT2D eigenvalue weighted by Crippen LogP contribution is 2.30. The molecule has 0 aliphatic carbocycles. The fraction of sp³-hybridized carbons (Fsp3) is 0.776. The number of aliphatic hydroxyl groups excluding tert-OH is 8. The van der Waals surface area contributed by atoms with Crippen LogP contribution in [0.5, 0.6) is 0 Å². The normalized spacial score (nSPS) is 28.0. The van der Waals surface area contributed by atoms with Gasteiger partial charge in [-0.05, 0) is 57.8 Å². The first-order chi connectivity index (χ1) is 30.6. The first-order valence-electron chi connectivity index (χ1n) is 24.0. The zero-order valence-electron chi connectivity index (χ0n) is 38.3. The van der Waals surface area contributed by atoms with Gasteiger partial charge in [0.25, 0.3) is 0 Å². The number of hydrogen-bond donors (Lipinski definition) is 9. The Bertz CT molecular complexity index is 1290. The van der Waals surface area contributed by atoms with E-state index in [1.165, 1.54) is 44.9 Å². The molecule has 2 aliphatic rings. The Morgan fingerprint density at radius 1 is 0.587 bits per heavy atom. The van der Waals surface area contributed by atoms with E-state index in [2.05, 4.69) is 67.8 Å². The molecule has 9 N–H and O–H groups in total. The van der Waals surface area contributed by atoms with E-state index in [-0.39, 0.29) is 18.9 Å². The molecule has 364 valence electrons. The molecule has 2 saturated heterocycles. The minimum absolute atomic E-state index is 0.255. The summed E-state index contributed by atoms with van der Waals surface area (Å²) in [5.41, 5.74) is 0. The molecule has 12 atom stereocenters. The number of aliphatic hydroxyl groups is 8. The first kappa shape index (κ1) is 56.8. The second kappa shape index (κ2) is 35.9. The van der Waals surface area contributed by atoms with Crippen molar-refractivity contribution in [1.29, 1.82) is 0 Å². The minimum Gasteiger partial charge on any atom is -0.394 e. The third kappa shape index (κ3) is 23.6. The van der Waals surface area contributed by atoms with Crippen molar-refractivity contribution in [3.8, 4) is 0 Å². The molecule has 0 aromatic carbocycles. The largest absolute Gasteiger partial charge is 0.394 e. The van der Waals surface area contributed by atoms with E-state index < -0.39 is 86.8 Å². The van der Waals surface area contributed by atoms with Crippen LogP contribution in [0.3, 0.4) is 0 Å². The summed E-state index contributed by atoms with van der Waals surface area (Å²) in [5, 5.41) is 86.4. The quantitative estimate of drug-likeness (QED) is 0.0284. The SMILES string of the molecule is CC/C=C\C/C=C\C/C=C\C/C=C\CCCCCCCCCCC(=O)NC(COC1OC(CO)C(OC2OC(CO)C(O)C(O)C2O)C(O)C1O)C(O)/C=C/CCCCCCCC. The summed E-state index contributed by atoms with van der Waals surface area (Å²) in [6, 6.07) is -0.918. The van der Waals surface area contributed by atoms with Crippen LogP contribution < -0.4 is 5.32 Å². The van der Waals surface area contributed by atoms with E-state index in [1.54, 1.807) is 6.08 Å². The number of unbranched alkanes of at least 4 members (excludes halogenated alkanes) is 14. The van der Waals surface area contributed by atoms with E-state index >= 15 is 0 Å². The summed E-state index contributed by atoms with van der Waals surface area (Å²) in [6.07, 6.45) is 25.7. The average molecular weight is 896 g/mol. The standard InChI is InChI=1S/C49H85NO13/c1-3-5-7-9-11-13-14-15-16-17-18-19-20-21-22-23-24-25-27-29-31-33-41(54)50-37(38(53)32-30-28-26-12-10-8-6-4-2)36-60-48-46(59)44(57)47(40(35-52)62-48)63-49-45(58)43(56)42(55)39(34-51)61-49/h5,7,11,13,15-16,18-19,30,32,37-40,42-49,51-53,55-59H,3-4,6,8-10,12,14,17,20-29,31,33-36H2,1-2H3,(H,50,54)/b7-5-,13-11-,16-15-,19-18-,32-30+. The fourth-order valence-corrected chi connectivity index (χ4v) is 7.51. The van der Waals surface area contributed by atoms with Gasteiger partial charge in [-0.25, -0.2) is 0 Å². The highest BCUT2D eigenvalue weighted by atomic mass is 16.7. The van der Waals surface area contributed by atoms with Gasteiger partial charge < -0.3 is 65.1 Å². The second-order valence-electron chi connectivity index (χ2n) is 16.9. The number of hydrogen-bond acceptors (Lipinski definition) is 13. The summed E-state index contributed by atoms with van der Waals surface area (Å²) in [5.74, 6) is -0.255. The number of carbonyl (C=O) groups is 1. The summed E-state index contributed by atoms with van der Waals surface area (Å²) < 4.78 is 22.6. The molecule has 0 spiro atoms. The lowest BCUT2D eigenvalue weighted by Crippen LogP contribution is -2.65. The van der Waals surface area contributed by atoms with Gasteiger partial charge in [0.1, 0.15) is 48.8 Å². The van der Waals surface area contributed by atoms with Crippen molar-refractivity contribution in [2.75, 3.05) is 19.8 Å². The van der Waals surface area contributed by atoms with Gasteiger partial charge in [-0.15, -0.1) is 0 Å². The fourth-order valence-electron chi connectivity index (χ4n) is 7.51. The van der Waals surface area contributed by atoms with Gasteiger partial charge in [0.05, 0.1) is 32.0 Å². The molecule has 2 heterocycles. The van der Waals surface area contributed by atoms with Crippen molar-refractivity contribution in [1.82, 2.24) is 5.32 Å². The summed E-state index contributed by atoms with van der Waals surface area (Å²) in [4.78, 5) is 13.1. The van der Waals surface area contributed by atoms with Crippen LogP contribution in [0.25, 0.3) is 0 Å². The van der Waals surface area contributed by atoms with Crippen LogP contribution >= 0.6 is 0 Å². The van der Waals surface area contributed by atoms with Crippen LogP contribution in [0, 0.1) is 0 Å². The van der Waals surface area contributed by atoms with Gasteiger partial charge >= 0.3 is 0 Å². The number of carbonyl (C=O) groups excluding carboxylic acids is 1. The van der Waals surface area contributed by atoms with E-state index in [9.17, 15) is 45.6 Å². The van der Waals surface area contributed by atoms with E-state index in [1.807, 2.05) is 6.08 Å². The van der Waals surface area contributed by atoms with Crippen LogP contribution in [-0.4, -0.2) is 140 Å². The molecule has 12 unspecified atom stereocenters. The van der Waals surface area contributed by atoms with Crippen LogP contribution in [0.2, 0.25) is 0 Å². The van der Waals surface area contributed by atoms with Crippen molar-refractivity contribution in [3.63, 3.8) is 0 Å². The molecule has 0 saturated carbocycles.